The van der Waals surface area contributed by atoms with Gasteiger partial charge in [-0.05, 0) is 30.5 Å². The molecule has 2 atom stereocenters. The molecule has 2 aliphatic rings. The summed E-state index contributed by atoms with van der Waals surface area (Å²) >= 11 is 0. The van der Waals surface area contributed by atoms with Crippen LogP contribution in [0.4, 0.5) is 0 Å². The number of carbonyl (C=O) groups excluding carboxylic acids is 2. The second-order valence-electron chi connectivity index (χ2n) is 4.87. The van der Waals surface area contributed by atoms with E-state index in [1.165, 1.54) is 0 Å². The average molecular weight is 258 g/mol. The number of esters is 2. The Kier molecular flexibility index (Phi) is 2.66. The summed E-state index contributed by atoms with van der Waals surface area (Å²) in [7, 11) is 1.59. The van der Waals surface area contributed by atoms with Gasteiger partial charge in [0.15, 0.2) is 0 Å². The lowest BCUT2D eigenvalue weighted by molar-refractivity contribution is -0.154. The molecule has 0 aromatic heterocycles. The number of methoxy groups -OCH3 is 1. The lowest BCUT2D eigenvalue weighted by Gasteiger charge is -2.31. The van der Waals surface area contributed by atoms with E-state index in [1.807, 2.05) is 24.3 Å². The summed E-state index contributed by atoms with van der Waals surface area (Å²) in [5, 5.41) is 0. The molecule has 0 N–H and O–H groups in total. The molecule has 1 aromatic carbocycles. The van der Waals surface area contributed by atoms with Crippen LogP contribution in [0.25, 0.3) is 0 Å². The lowest BCUT2D eigenvalue weighted by atomic mass is 9.66. The van der Waals surface area contributed by atoms with E-state index in [0.717, 1.165) is 11.3 Å². The highest BCUT2D eigenvalue weighted by Crippen LogP contribution is 2.47. The van der Waals surface area contributed by atoms with Crippen LogP contribution in [-0.2, 0) is 19.7 Å². The number of hydrogen-bond acceptors (Lipinski definition) is 4. The van der Waals surface area contributed by atoms with Crippen molar-refractivity contribution in [1.82, 2.24) is 0 Å². The molecule has 1 aromatic rings. The summed E-state index contributed by atoms with van der Waals surface area (Å²) in [6, 6.07) is 7.28. The summed E-state index contributed by atoms with van der Waals surface area (Å²) in [5.74, 6) is -0.527. The Morgan fingerprint density at radius 3 is 2.63 bits per heavy atom. The molecule has 0 amide bonds. The molecule has 0 bridgehead atoms. The highest BCUT2D eigenvalue weighted by Gasteiger charge is 2.58. The first-order valence-corrected chi connectivity index (χ1v) is 6.24. The quantitative estimate of drug-likeness (QED) is 0.462. The minimum Gasteiger partial charge on any atom is -0.497 e. The predicted octanol–water partition coefficient (Wildman–Crippen LogP) is 1.98. The number of cyclic esters (lactones) is 2. The van der Waals surface area contributed by atoms with E-state index in [1.54, 1.807) is 19.2 Å². The molecule has 0 radical (unpaired) electrons. The molecule has 3 rings (SSSR count). The zero-order chi connectivity index (χ0) is 13.5. The predicted molar refractivity (Wildman–Crippen MR) is 67.6 cm³/mol. The first-order valence-electron chi connectivity index (χ1n) is 6.24. The molecule has 0 spiro atoms. The van der Waals surface area contributed by atoms with E-state index in [9.17, 15) is 9.59 Å². The first kappa shape index (κ1) is 12.0. The molecule has 1 aliphatic heterocycles. The van der Waals surface area contributed by atoms with Gasteiger partial charge in [-0.15, -0.1) is 0 Å². The van der Waals surface area contributed by atoms with Gasteiger partial charge in [-0.2, -0.15) is 0 Å². The number of rotatable bonds is 2. The Labute approximate surface area is 111 Å². The Morgan fingerprint density at radius 1 is 1.21 bits per heavy atom. The van der Waals surface area contributed by atoms with Crippen LogP contribution in [0.5, 0.6) is 5.75 Å². The molecule has 1 fully saturated rings. The highest BCUT2D eigenvalue weighted by atomic mass is 16.6. The fraction of sp³-hybridized carbons (Fsp3) is 0.333. The normalized spacial score (nSPS) is 29.0. The minimum atomic E-state index is -0.849. The van der Waals surface area contributed by atoms with Gasteiger partial charge in [0.1, 0.15) is 11.2 Å². The summed E-state index contributed by atoms with van der Waals surface area (Å²) in [4.78, 5) is 24.0. The molecular formula is C15H14O4. The van der Waals surface area contributed by atoms with Crippen LogP contribution in [0.3, 0.4) is 0 Å². The van der Waals surface area contributed by atoms with Crippen molar-refractivity contribution in [2.45, 2.75) is 18.3 Å². The van der Waals surface area contributed by atoms with Gasteiger partial charge >= 0.3 is 11.9 Å². The highest BCUT2D eigenvalue weighted by molar-refractivity contribution is 6.03. The molecule has 4 nitrogen and oxygen atoms in total. The molecule has 19 heavy (non-hydrogen) atoms. The van der Waals surface area contributed by atoms with Crippen molar-refractivity contribution in [3.63, 3.8) is 0 Å². The zero-order valence-electron chi connectivity index (χ0n) is 10.6. The molecule has 4 heteroatoms. The summed E-state index contributed by atoms with van der Waals surface area (Å²) < 4.78 is 9.99. The second-order valence-corrected chi connectivity index (χ2v) is 4.87. The number of benzene rings is 1. The van der Waals surface area contributed by atoms with Crippen molar-refractivity contribution in [3.8, 4) is 5.75 Å². The maximum absolute atomic E-state index is 12.2. The van der Waals surface area contributed by atoms with E-state index in [4.69, 9.17) is 9.47 Å². The third-order valence-corrected chi connectivity index (χ3v) is 4.02. The largest absolute Gasteiger partial charge is 0.497 e. The molecule has 1 saturated heterocycles. The van der Waals surface area contributed by atoms with Crippen LogP contribution in [-0.4, -0.2) is 19.0 Å². The SMILES string of the molecule is COc1ccc([C@]23CC=CC[C@H]2C(=O)OC3=O)cc1. The van der Waals surface area contributed by atoms with Gasteiger partial charge in [0.2, 0.25) is 0 Å². The molecule has 1 aliphatic carbocycles. The fourth-order valence-electron chi connectivity index (χ4n) is 2.95. The van der Waals surface area contributed by atoms with Gasteiger partial charge in [0.25, 0.3) is 0 Å². The van der Waals surface area contributed by atoms with Crippen molar-refractivity contribution >= 4 is 11.9 Å². The van der Waals surface area contributed by atoms with Crippen LogP contribution in [0.2, 0.25) is 0 Å². The third-order valence-electron chi connectivity index (χ3n) is 4.02. The average Bonchev–Trinajstić information content (AvgIpc) is 2.72. The molecule has 98 valence electrons. The minimum absolute atomic E-state index is 0.404. The van der Waals surface area contributed by atoms with Crippen molar-refractivity contribution in [3.05, 3.63) is 42.0 Å². The molecule has 0 saturated carbocycles. The maximum atomic E-state index is 12.2. The van der Waals surface area contributed by atoms with Crippen molar-refractivity contribution in [2.24, 2.45) is 5.92 Å². The fourth-order valence-corrected chi connectivity index (χ4v) is 2.95. The van der Waals surface area contributed by atoms with Gasteiger partial charge in [0, 0.05) is 0 Å². The van der Waals surface area contributed by atoms with Gasteiger partial charge in [0.05, 0.1) is 13.0 Å². The van der Waals surface area contributed by atoms with Crippen LogP contribution >= 0.6 is 0 Å². The summed E-state index contributed by atoms with van der Waals surface area (Å²) in [6.45, 7) is 0. The number of carbonyl (C=O) groups is 2. The second kappa shape index (κ2) is 4.23. The zero-order valence-corrected chi connectivity index (χ0v) is 10.6. The van der Waals surface area contributed by atoms with Crippen LogP contribution in [0, 0.1) is 5.92 Å². The summed E-state index contributed by atoms with van der Waals surface area (Å²) in [6.07, 6.45) is 4.94. The van der Waals surface area contributed by atoms with Gasteiger partial charge < -0.3 is 9.47 Å². The van der Waals surface area contributed by atoms with Crippen molar-refractivity contribution in [2.75, 3.05) is 7.11 Å². The topological polar surface area (TPSA) is 52.6 Å². The first-order chi connectivity index (χ1) is 9.18. The summed E-state index contributed by atoms with van der Waals surface area (Å²) in [5.41, 5.74) is -0.0310. The standard InChI is InChI=1S/C15H14O4/c1-18-11-7-5-10(6-8-11)15-9-3-2-4-12(15)13(16)19-14(15)17/h2-3,5-8,12H,4,9H2,1H3/t12-,15+/m0/s1. The monoisotopic (exact) mass is 258 g/mol. The maximum Gasteiger partial charge on any atom is 0.325 e. The Hall–Kier alpha value is -2.10. The van der Waals surface area contributed by atoms with Crippen molar-refractivity contribution < 1.29 is 19.1 Å². The number of ether oxygens (including phenoxy) is 2. The molecular weight excluding hydrogens is 244 g/mol. The Morgan fingerprint density at radius 2 is 1.95 bits per heavy atom. The van der Waals surface area contributed by atoms with E-state index in [0.29, 0.717) is 12.8 Å². The molecule has 0 unspecified atom stereocenters. The lowest BCUT2D eigenvalue weighted by Crippen LogP contribution is -2.39. The molecule has 1 heterocycles. The number of allylic oxidation sites excluding steroid dienone is 2. The van der Waals surface area contributed by atoms with Crippen LogP contribution in [0.15, 0.2) is 36.4 Å². The number of hydrogen-bond donors (Lipinski definition) is 0. The van der Waals surface area contributed by atoms with Crippen LogP contribution in [0.1, 0.15) is 18.4 Å². The van der Waals surface area contributed by atoms with E-state index < -0.39 is 23.3 Å². The van der Waals surface area contributed by atoms with E-state index in [-0.39, 0.29) is 0 Å². The smallest absolute Gasteiger partial charge is 0.325 e. The van der Waals surface area contributed by atoms with E-state index >= 15 is 0 Å². The third kappa shape index (κ3) is 1.59. The Balaban J connectivity index is 2.10. The van der Waals surface area contributed by atoms with E-state index in [2.05, 4.69) is 0 Å². The van der Waals surface area contributed by atoms with Gasteiger partial charge in [-0.1, -0.05) is 24.3 Å². The van der Waals surface area contributed by atoms with Gasteiger partial charge in [-0.25, -0.2) is 0 Å². The number of fused-ring (bicyclic) bond motifs is 1. The van der Waals surface area contributed by atoms with Crippen molar-refractivity contribution in [1.29, 1.82) is 0 Å². The Bertz CT molecular complexity index is 558. The van der Waals surface area contributed by atoms with Crippen LogP contribution < -0.4 is 4.74 Å². The van der Waals surface area contributed by atoms with Gasteiger partial charge in [-0.3, -0.25) is 9.59 Å².